The highest BCUT2D eigenvalue weighted by atomic mass is 16.5. The Labute approximate surface area is 329 Å². The van der Waals surface area contributed by atoms with Crippen LogP contribution in [0.4, 0.5) is 5.69 Å². The number of pyridine rings is 1. The normalized spacial score (nSPS) is 12.9. The Balaban J connectivity index is 0.941. The lowest BCUT2D eigenvalue weighted by Crippen LogP contribution is -2.52. The van der Waals surface area contributed by atoms with Crippen molar-refractivity contribution in [2.24, 2.45) is 18.7 Å². The molecule has 5 N–H and O–H groups in total. The Morgan fingerprint density at radius 1 is 0.947 bits per heavy atom. The third kappa shape index (κ3) is 12.9. The summed E-state index contributed by atoms with van der Waals surface area (Å²) in [6.07, 6.45) is 1.47. The number of nitrogens with two attached hydrogens (primary N) is 1. The molecule has 0 aliphatic rings. The van der Waals surface area contributed by atoms with Crippen LogP contribution < -0.4 is 26.7 Å². The van der Waals surface area contributed by atoms with E-state index < -0.39 is 30.0 Å². The number of benzene rings is 2. The average molecular weight is 784 g/mol. The molecule has 0 saturated heterocycles. The van der Waals surface area contributed by atoms with Gasteiger partial charge in [0.05, 0.1) is 32.1 Å². The molecule has 0 spiro atoms. The van der Waals surface area contributed by atoms with Crippen LogP contribution in [0.2, 0.25) is 0 Å². The van der Waals surface area contributed by atoms with Crippen LogP contribution in [0.15, 0.2) is 88.2 Å². The number of aryl methyl sites for hydroxylation is 1. The molecule has 0 bridgehead atoms. The van der Waals surface area contributed by atoms with Crippen LogP contribution in [0, 0.1) is 5.92 Å². The molecule has 3 aromatic heterocycles. The maximum atomic E-state index is 13.0. The van der Waals surface area contributed by atoms with Crippen molar-refractivity contribution in [3.8, 4) is 17.3 Å². The SMILES string of the molecule is CC(C)C[C@@H](NC(=O)[C@H](O)[C@@H](N)Cc1ccccc1)C(=O)CCCOCCOCCOc1ccc(C(=O)Nc2ccc3oc(-c4ccc(=O)n(C)n4)nc3c2)nc1. The minimum Gasteiger partial charge on any atom is -0.490 e. The molecular weight excluding hydrogens is 734 g/mol. The summed E-state index contributed by atoms with van der Waals surface area (Å²) in [5.74, 6) is -0.333. The quantitative estimate of drug-likeness (QED) is 0.0740. The second-order valence-electron chi connectivity index (χ2n) is 13.8. The lowest BCUT2D eigenvalue weighted by Gasteiger charge is -2.24. The molecule has 0 saturated carbocycles. The molecule has 0 aliphatic heterocycles. The van der Waals surface area contributed by atoms with Crippen LogP contribution in [0.3, 0.4) is 0 Å². The molecular formula is C41H49N7O9. The monoisotopic (exact) mass is 783 g/mol. The number of ketones is 1. The van der Waals surface area contributed by atoms with E-state index >= 15 is 0 Å². The summed E-state index contributed by atoms with van der Waals surface area (Å²) in [5, 5.41) is 20.2. The van der Waals surface area contributed by atoms with Gasteiger partial charge in [0.2, 0.25) is 5.89 Å². The molecule has 302 valence electrons. The van der Waals surface area contributed by atoms with E-state index in [0.29, 0.717) is 73.9 Å². The number of ether oxygens (including phenoxy) is 3. The van der Waals surface area contributed by atoms with Gasteiger partial charge in [-0.2, -0.15) is 5.10 Å². The van der Waals surface area contributed by atoms with Gasteiger partial charge in [0, 0.05) is 37.9 Å². The predicted octanol–water partition coefficient (Wildman–Crippen LogP) is 3.46. The van der Waals surface area contributed by atoms with Crippen molar-refractivity contribution in [1.29, 1.82) is 0 Å². The number of rotatable bonds is 22. The molecule has 0 radical (unpaired) electrons. The second kappa shape index (κ2) is 20.9. The van der Waals surface area contributed by atoms with Crippen molar-refractivity contribution < 1.29 is 38.1 Å². The van der Waals surface area contributed by atoms with Gasteiger partial charge in [-0.05, 0) is 67.1 Å². The van der Waals surface area contributed by atoms with Crippen molar-refractivity contribution >= 4 is 34.4 Å². The highest BCUT2D eigenvalue weighted by Gasteiger charge is 2.28. The summed E-state index contributed by atoms with van der Waals surface area (Å²) >= 11 is 0. The number of aromatic nitrogens is 4. The van der Waals surface area contributed by atoms with Crippen molar-refractivity contribution in [2.75, 3.05) is 38.4 Å². The van der Waals surface area contributed by atoms with E-state index in [1.807, 2.05) is 44.2 Å². The van der Waals surface area contributed by atoms with E-state index in [-0.39, 0.29) is 41.9 Å². The Hall–Kier alpha value is -5.81. The maximum absolute atomic E-state index is 13.0. The number of nitrogens with one attached hydrogen (secondary N) is 2. The van der Waals surface area contributed by atoms with E-state index in [1.165, 1.54) is 30.1 Å². The second-order valence-corrected chi connectivity index (χ2v) is 13.8. The number of amides is 2. The van der Waals surface area contributed by atoms with Crippen LogP contribution in [0.25, 0.3) is 22.7 Å². The number of hydrogen-bond acceptors (Lipinski definition) is 13. The summed E-state index contributed by atoms with van der Waals surface area (Å²) in [6.45, 7) is 5.48. The first-order valence-corrected chi connectivity index (χ1v) is 18.8. The summed E-state index contributed by atoms with van der Waals surface area (Å²) in [4.78, 5) is 58.9. The Kier molecular flexibility index (Phi) is 15.5. The van der Waals surface area contributed by atoms with E-state index in [4.69, 9.17) is 24.4 Å². The number of hydrogen-bond donors (Lipinski definition) is 4. The fourth-order valence-electron chi connectivity index (χ4n) is 5.78. The summed E-state index contributed by atoms with van der Waals surface area (Å²) in [5.41, 5.74) is 8.84. The highest BCUT2D eigenvalue weighted by Crippen LogP contribution is 2.25. The lowest BCUT2D eigenvalue weighted by atomic mass is 9.96. The van der Waals surface area contributed by atoms with Gasteiger partial charge in [-0.25, -0.2) is 14.6 Å². The topological polar surface area (TPSA) is 223 Å². The van der Waals surface area contributed by atoms with Crippen molar-refractivity contribution in [1.82, 2.24) is 25.1 Å². The first-order valence-electron chi connectivity index (χ1n) is 18.8. The van der Waals surface area contributed by atoms with Gasteiger partial charge in [-0.1, -0.05) is 44.2 Å². The largest absolute Gasteiger partial charge is 0.490 e. The first-order chi connectivity index (χ1) is 27.5. The van der Waals surface area contributed by atoms with E-state index in [2.05, 4.69) is 25.7 Å². The molecule has 16 heteroatoms. The zero-order valence-electron chi connectivity index (χ0n) is 32.3. The van der Waals surface area contributed by atoms with Crippen molar-refractivity contribution in [3.05, 3.63) is 101 Å². The molecule has 2 aromatic carbocycles. The van der Waals surface area contributed by atoms with Gasteiger partial charge in [-0.3, -0.25) is 19.2 Å². The smallest absolute Gasteiger partial charge is 0.274 e. The lowest BCUT2D eigenvalue weighted by molar-refractivity contribution is -0.134. The third-order valence-corrected chi connectivity index (χ3v) is 8.77. The third-order valence-electron chi connectivity index (χ3n) is 8.77. The number of carbonyl (C=O) groups excluding carboxylic acids is 3. The van der Waals surface area contributed by atoms with Crippen LogP contribution in [0.1, 0.15) is 49.2 Å². The number of nitrogens with zero attached hydrogens (tertiary/aromatic N) is 4. The number of carbonyl (C=O) groups is 3. The van der Waals surface area contributed by atoms with Crippen LogP contribution in [0.5, 0.6) is 5.75 Å². The molecule has 3 heterocycles. The molecule has 57 heavy (non-hydrogen) atoms. The molecule has 16 nitrogen and oxygen atoms in total. The van der Waals surface area contributed by atoms with E-state index in [1.54, 1.807) is 30.3 Å². The first kappa shape index (κ1) is 42.3. The highest BCUT2D eigenvalue weighted by molar-refractivity contribution is 6.03. The predicted molar refractivity (Wildman–Crippen MR) is 212 cm³/mol. The molecule has 5 rings (SSSR count). The van der Waals surface area contributed by atoms with E-state index in [0.717, 1.165) is 5.56 Å². The zero-order valence-corrected chi connectivity index (χ0v) is 32.3. The van der Waals surface area contributed by atoms with Gasteiger partial charge in [-0.15, -0.1) is 0 Å². The number of oxazole rings is 1. The molecule has 0 unspecified atom stereocenters. The van der Waals surface area contributed by atoms with Crippen molar-refractivity contribution in [3.63, 3.8) is 0 Å². The summed E-state index contributed by atoms with van der Waals surface area (Å²) in [6, 6.07) is 19.0. The molecule has 3 atom stereocenters. The standard InChI is InChI=1S/C41H49N7O9/c1-26(2)22-33(45-40(53)38(51)30(42)23-27-8-5-4-6-9-27)35(49)10-7-17-54-18-19-55-20-21-56-29-12-13-31(43-25-29)39(52)44-28-11-15-36-34(24-28)46-41(57-36)32-14-16-37(50)48(3)47-32/h4-6,8-9,11-16,24-26,30,33,38,51H,7,10,17-23,42H2,1-3H3,(H,44,52)(H,45,53)/t30-,33+,38+/m0/s1. The van der Waals surface area contributed by atoms with E-state index in [9.17, 15) is 24.3 Å². The number of aliphatic hydroxyl groups is 1. The number of anilines is 1. The fourth-order valence-corrected chi connectivity index (χ4v) is 5.78. The average Bonchev–Trinajstić information content (AvgIpc) is 3.63. The summed E-state index contributed by atoms with van der Waals surface area (Å²) < 4.78 is 23.8. The maximum Gasteiger partial charge on any atom is 0.274 e. The molecule has 0 aliphatic carbocycles. The number of aliphatic hydroxyl groups excluding tert-OH is 1. The van der Waals surface area contributed by atoms with Crippen LogP contribution in [-0.2, 0) is 32.5 Å². The Morgan fingerprint density at radius 2 is 1.70 bits per heavy atom. The Bertz CT molecular complexity index is 2140. The fraction of sp³-hybridized carbons (Fsp3) is 0.390. The minimum absolute atomic E-state index is 0.126. The summed E-state index contributed by atoms with van der Waals surface area (Å²) in [7, 11) is 1.54. The van der Waals surface area contributed by atoms with Gasteiger partial charge in [0.1, 0.15) is 35.4 Å². The molecule has 2 amide bonds. The van der Waals surface area contributed by atoms with Crippen LogP contribution in [-0.4, -0.2) is 93.7 Å². The Morgan fingerprint density at radius 3 is 2.42 bits per heavy atom. The number of Topliss-reactive ketones (excluding diaryl/α,β-unsaturated/α-hetero) is 1. The van der Waals surface area contributed by atoms with Gasteiger partial charge in [0.25, 0.3) is 17.4 Å². The van der Waals surface area contributed by atoms with Gasteiger partial charge < -0.3 is 40.1 Å². The van der Waals surface area contributed by atoms with Gasteiger partial charge >= 0.3 is 0 Å². The molecule has 5 aromatic rings. The van der Waals surface area contributed by atoms with Crippen molar-refractivity contribution in [2.45, 2.75) is 57.7 Å². The molecule has 0 fully saturated rings. The van der Waals surface area contributed by atoms with Crippen LogP contribution >= 0.6 is 0 Å². The number of fused-ring (bicyclic) bond motifs is 1. The minimum atomic E-state index is -1.44. The zero-order chi connectivity index (χ0) is 40.7. The van der Waals surface area contributed by atoms with Gasteiger partial charge in [0.15, 0.2) is 11.4 Å².